The van der Waals surface area contributed by atoms with Crippen molar-refractivity contribution < 1.29 is 9.53 Å². The summed E-state index contributed by atoms with van der Waals surface area (Å²) in [4.78, 5) is 23.0. The van der Waals surface area contributed by atoms with Crippen molar-refractivity contribution in [1.29, 1.82) is 0 Å². The molecule has 0 aliphatic carbocycles. The van der Waals surface area contributed by atoms with Gasteiger partial charge in [0.25, 0.3) is 0 Å². The van der Waals surface area contributed by atoms with Crippen molar-refractivity contribution in [3.63, 3.8) is 0 Å². The van der Waals surface area contributed by atoms with Gasteiger partial charge in [-0.1, -0.05) is 0 Å². The van der Waals surface area contributed by atoms with E-state index >= 15 is 0 Å². The van der Waals surface area contributed by atoms with Gasteiger partial charge in [0, 0.05) is 0 Å². The summed E-state index contributed by atoms with van der Waals surface area (Å²) in [6, 6.07) is 9.93. The van der Waals surface area contributed by atoms with Gasteiger partial charge >= 0.3 is 155 Å². The van der Waals surface area contributed by atoms with Gasteiger partial charge in [-0.3, -0.25) is 0 Å². The van der Waals surface area contributed by atoms with Crippen molar-refractivity contribution in [3.05, 3.63) is 53.3 Å². The summed E-state index contributed by atoms with van der Waals surface area (Å²) >= 11 is 0.326. The Labute approximate surface area is 155 Å². The number of carbonyl (C=O) groups is 1. The number of fused-ring (bicyclic) bond motifs is 1. The predicted molar refractivity (Wildman–Crippen MR) is 104 cm³/mol. The second-order valence-electron chi connectivity index (χ2n) is 5.91. The number of nitrogens with zero attached hydrogens (tertiary/aromatic N) is 1. The number of para-hydroxylation sites is 1. The second-order valence-corrected chi connectivity index (χ2v) is 8.30. The van der Waals surface area contributed by atoms with E-state index in [4.69, 9.17) is 4.74 Å². The number of benzene rings is 1. The molecule has 2 rings (SSSR count). The minimum atomic E-state index is -0.344. The van der Waals surface area contributed by atoms with E-state index in [1.54, 1.807) is 10.6 Å². The van der Waals surface area contributed by atoms with Crippen LogP contribution in [0.2, 0.25) is 5.32 Å². The van der Waals surface area contributed by atoms with Crippen LogP contribution >= 0.6 is 0 Å². The number of pyridine rings is 1. The molecule has 25 heavy (non-hydrogen) atoms. The molecule has 1 aromatic heterocycles. The van der Waals surface area contributed by atoms with Gasteiger partial charge in [0.05, 0.1) is 0 Å². The molecule has 0 saturated carbocycles. The van der Waals surface area contributed by atoms with Crippen LogP contribution in [-0.4, -0.2) is 32.1 Å². The molecule has 5 heteroatoms. The number of hydrogen-bond donors (Lipinski definition) is 0. The third kappa shape index (κ3) is 5.87. The van der Waals surface area contributed by atoms with Crippen molar-refractivity contribution in [2.45, 2.75) is 37.4 Å². The Bertz CT molecular complexity index is 782. The molecule has 1 heterocycles. The molecule has 0 bridgehead atoms. The fourth-order valence-electron chi connectivity index (χ4n) is 2.65. The summed E-state index contributed by atoms with van der Waals surface area (Å²) in [5.41, 5.74) is 1.09. The standard InChI is InChI=1S/C20H25NO3Se/c1-3-20(23)24-13-9-5-4-6-10-14-25-18-15-19(22)21(2)17-12-8-7-11-16(17)18/h3,7-8,11-12,15H,1,4-6,9-10,13-14H2,2H3. The number of esters is 1. The van der Waals surface area contributed by atoms with Crippen LogP contribution in [0.25, 0.3) is 10.9 Å². The SMILES string of the molecule is C=CC(=O)OCCCCCCC[Se]c1cc(=O)n(C)c2ccccc12. The molecule has 0 atom stereocenters. The van der Waals surface area contributed by atoms with E-state index in [1.165, 1.54) is 28.8 Å². The van der Waals surface area contributed by atoms with E-state index in [0.29, 0.717) is 21.6 Å². The molecule has 2 aromatic rings. The van der Waals surface area contributed by atoms with Gasteiger partial charge in [-0.15, -0.1) is 0 Å². The Hall–Kier alpha value is -1.84. The first kappa shape index (κ1) is 19.5. The van der Waals surface area contributed by atoms with Crippen molar-refractivity contribution in [2.24, 2.45) is 7.05 Å². The van der Waals surface area contributed by atoms with Crippen LogP contribution in [0.15, 0.2) is 47.8 Å². The van der Waals surface area contributed by atoms with Crippen LogP contribution in [0.3, 0.4) is 0 Å². The molecule has 0 aliphatic rings. The van der Waals surface area contributed by atoms with Gasteiger partial charge in [-0.05, 0) is 0 Å². The van der Waals surface area contributed by atoms with Gasteiger partial charge in [-0.2, -0.15) is 0 Å². The van der Waals surface area contributed by atoms with E-state index in [0.717, 1.165) is 30.1 Å². The number of aryl methyl sites for hydroxylation is 1. The van der Waals surface area contributed by atoms with Crippen molar-refractivity contribution in [1.82, 2.24) is 4.57 Å². The predicted octanol–water partition coefficient (Wildman–Crippen LogP) is 2.97. The summed E-state index contributed by atoms with van der Waals surface area (Å²) in [5.74, 6) is -0.344. The third-order valence-corrected chi connectivity index (χ3v) is 6.47. The molecule has 1 aromatic carbocycles. The Balaban J connectivity index is 1.72. The Kier molecular flexibility index (Phi) is 7.96. The molecule has 0 spiro atoms. The van der Waals surface area contributed by atoms with Crippen LogP contribution in [0, 0.1) is 0 Å². The maximum absolute atomic E-state index is 12.1. The van der Waals surface area contributed by atoms with E-state index in [9.17, 15) is 9.59 Å². The Morgan fingerprint density at radius 3 is 2.72 bits per heavy atom. The number of carbonyl (C=O) groups excluding carboxylic acids is 1. The fraction of sp³-hybridized carbons (Fsp3) is 0.400. The van der Waals surface area contributed by atoms with Gasteiger partial charge in [0.15, 0.2) is 0 Å². The second kappa shape index (κ2) is 10.2. The first-order valence-electron chi connectivity index (χ1n) is 8.64. The number of hydrogen-bond acceptors (Lipinski definition) is 3. The van der Waals surface area contributed by atoms with Gasteiger partial charge in [0.2, 0.25) is 0 Å². The Morgan fingerprint density at radius 2 is 1.92 bits per heavy atom. The number of ether oxygens (including phenoxy) is 1. The van der Waals surface area contributed by atoms with Crippen LogP contribution in [0.4, 0.5) is 0 Å². The van der Waals surface area contributed by atoms with Gasteiger partial charge in [-0.25, -0.2) is 0 Å². The molecular formula is C20H25NO3Se. The fourth-order valence-corrected chi connectivity index (χ4v) is 4.91. The average Bonchev–Trinajstić information content (AvgIpc) is 2.63. The van der Waals surface area contributed by atoms with Crippen LogP contribution in [-0.2, 0) is 16.6 Å². The molecule has 0 amide bonds. The van der Waals surface area contributed by atoms with Crippen LogP contribution in [0.5, 0.6) is 0 Å². The van der Waals surface area contributed by atoms with Gasteiger partial charge in [0.1, 0.15) is 0 Å². The Morgan fingerprint density at radius 1 is 1.20 bits per heavy atom. The first-order chi connectivity index (χ1) is 12.1. The number of unbranched alkanes of at least 4 members (excludes halogenated alkanes) is 4. The van der Waals surface area contributed by atoms with Crippen molar-refractivity contribution in [2.75, 3.05) is 6.61 Å². The molecule has 134 valence electrons. The summed E-state index contributed by atoms with van der Waals surface area (Å²) in [6.45, 7) is 3.85. The molecule has 0 N–H and O–H groups in total. The summed E-state index contributed by atoms with van der Waals surface area (Å²) in [7, 11) is 1.83. The molecule has 0 radical (unpaired) electrons. The van der Waals surface area contributed by atoms with E-state index in [2.05, 4.69) is 12.6 Å². The third-order valence-electron chi connectivity index (χ3n) is 4.07. The monoisotopic (exact) mass is 407 g/mol. The zero-order chi connectivity index (χ0) is 18.1. The van der Waals surface area contributed by atoms with Crippen LogP contribution < -0.4 is 10.0 Å². The molecule has 0 unspecified atom stereocenters. The molecule has 0 aliphatic heterocycles. The van der Waals surface area contributed by atoms with Gasteiger partial charge < -0.3 is 0 Å². The summed E-state index contributed by atoms with van der Waals surface area (Å²) < 4.78 is 7.88. The first-order valence-corrected chi connectivity index (χ1v) is 10.7. The zero-order valence-corrected chi connectivity index (χ0v) is 16.4. The number of rotatable bonds is 10. The topological polar surface area (TPSA) is 48.3 Å². The van der Waals surface area contributed by atoms with E-state index in [1.807, 2.05) is 25.2 Å². The number of aromatic nitrogens is 1. The minimum absolute atomic E-state index is 0.0737. The van der Waals surface area contributed by atoms with Crippen molar-refractivity contribution >= 4 is 36.3 Å². The van der Waals surface area contributed by atoms with Crippen LogP contribution in [0.1, 0.15) is 32.1 Å². The molecule has 0 saturated heterocycles. The maximum atomic E-state index is 12.1. The van der Waals surface area contributed by atoms with E-state index in [-0.39, 0.29) is 11.5 Å². The summed E-state index contributed by atoms with van der Waals surface area (Å²) in [6.07, 6.45) is 6.69. The van der Waals surface area contributed by atoms with E-state index < -0.39 is 0 Å². The normalized spacial score (nSPS) is 10.8. The molecular weight excluding hydrogens is 381 g/mol. The molecule has 4 nitrogen and oxygen atoms in total. The summed E-state index contributed by atoms with van der Waals surface area (Å²) in [5, 5.41) is 2.35. The average molecular weight is 406 g/mol. The van der Waals surface area contributed by atoms with Crippen molar-refractivity contribution in [3.8, 4) is 0 Å². The quantitative estimate of drug-likeness (QED) is 0.264. The zero-order valence-electron chi connectivity index (χ0n) is 14.7. The molecule has 0 fully saturated rings.